The predicted molar refractivity (Wildman–Crippen MR) is 108 cm³/mol. The van der Waals surface area contributed by atoms with E-state index in [-0.39, 0.29) is 0 Å². The Morgan fingerprint density at radius 3 is 2.38 bits per heavy atom. The van der Waals surface area contributed by atoms with Crippen LogP contribution in [0.3, 0.4) is 0 Å². The Morgan fingerprint density at radius 2 is 1.69 bits per heavy atom. The van der Waals surface area contributed by atoms with Crippen molar-refractivity contribution in [2.24, 2.45) is 4.99 Å². The maximum atomic E-state index is 6.09. The van der Waals surface area contributed by atoms with Gasteiger partial charge < -0.3 is 4.43 Å². The van der Waals surface area contributed by atoms with Crippen LogP contribution in [0.2, 0.25) is 13.1 Å². The van der Waals surface area contributed by atoms with Crippen LogP contribution in [0.4, 0.5) is 5.69 Å². The van der Waals surface area contributed by atoms with E-state index in [2.05, 4.69) is 36.1 Å². The van der Waals surface area contributed by atoms with Crippen LogP contribution in [0.15, 0.2) is 65.9 Å². The van der Waals surface area contributed by atoms with Crippen LogP contribution >= 0.6 is 0 Å². The molecule has 0 saturated heterocycles. The third-order valence-corrected chi connectivity index (χ3v) is 4.44. The molecule has 2 aromatic carbocycles. The van der Waals surface area contributed by atoms with Crippen LogP contribution < -0.4 is 4.43 Å². The van der Waals surface area contributed by atoms with E-state index in [0.717, 1.165) is 39.7 Å². The van der Waals surface area contributed by atoms with Crippen molar-refractivity contribution in [3.8, 4) is 5.75 Å². The van der Waals surface area contributed by atoms with E-state index in [9.17, 15) is 0 Å². The van der Waals surface area contributed by atoms with Crippen molar-refractivity contribution < 1.29 is 4.43 Å². The zero-order valence-corrected chi connectivity index (χ0v) is 16.5. The van der Waals surface area contributed by atoms with Crippen LogP contribution in [0, 0.1) is 13.8 Å². The Morgan fingerprint density at radius 1 is 0.962 bits per heavy atom. The summed E-state index contributed by atoms with van der Waals surface area (Å²) in [7, 11) is -0.894. The summed E-state index contributed by atoms with van der Waals surface area (Å²) >= 11 is 0. The zero-order chi connectivity index (χ0) is 18.5. The third-order valence-electron chi connectivity index (χ3n) is 3.81. The minimum Gasteiger partial charge on any atom is -0.541 e. The lowest BCUT2D eigenvalue weighted by Crippen LogP contribution is -2.12. The zero-order valence-electron chi connectivity index (χ0n) is 15.5. The minimum atomic E-state index is -0.894. The maximum Gasteiger partial charge on any atom is 0.274 e. The van der Waals surface area contributed by atoms with E-state index < -0.39 is 9.04 Å². The molecule has 0 unspecified atom stereocenters. The number of aliphatic imine (C=N–C) groups is 1. The van der Waals surface area contributed by atoms with Gasteiger partial charge in [-0.3, -0.25) is 9.97 Å². The number of aromatic nitrogens is 2. The molecule has 0 aliphatic heterocycles. The van der Waals surface area contributed by atoms with Gasteiger partial charge in [0.15, 0.2) is 0 Å². The molecule has 5 heteroatoms. The molecule has 0 aliphatic rings. The van der Waals surface area contributed by atoms with Gasteiger partial charge in [0, 0.05) is 18.0 Å². The molecule has 131 valence electrons. The van der Waals surface area contributed by atoms with E-state index in [4.69, 9.17) is 9.42 Å². The smallest absolute Gasteiger partial charge is 0.274 e. The summed E-state index contributed by atoms with van der Waals surface area (Å²) in [6.07, 6.45) is 3.40. The van der Waals surface area contributed by atoms with Crippen molar-refractivity contribution >= 4 is 20.4 Å². The highest BCUT2D eigenvalue weighted by Crippen LogP contribution is 2.31. The van der Waals surface area contributed by atoms with Crippen LogP contribution in [-0.4, -0.2) is 24.7 Å². The minimum absolute atomic E-state index is 0.781. The molecule has 3 rings (SSSR count). The van der Waals surface area contributed by atoms with E-state index in [1.807, 2.05) is 49.4 Å². The first-order valence-electron chi connectivity index (χ1n) is 8.55. The number of hydrogen-bond acceptors (Lipinski definition) is 4. The Labute approximate surface area is 156 Å². The molecular formula is C21H22N3OSi. The van der Waals surface area contributed by atoms with Crippen molar-refractivity contribution in [3.63, 3.8) is 0 Å². The monoisotopic (exact) mass is 360 g/mol. The van der Waals surface area contributed by atoms with Crippen molar-refractivity contribution in [1.29, 1.82) is 0 Å². The molecule has 0 N–H and O–H groups in total. The van der Waals surface area contributed by atoms with Crippen molar-refractivity contribution in [1.82, 2.24) is 9.97 Å². The first-order chi connectivity index (χ1) is 12.5. The summed E-state index contributed by atoms with van der Waals surface area (Å²) in [5.41, 5.74) is 5.39. The Kier molecular flexibility index (Phi) is 5.58. The van der Waals surface area contributed by atoms with Crippen LogP contribution in [0.25, 0.3) is 0 Å². The highest BCUT2D eigenvalue weighted by atomic mass is 28.3. The lowest BCUT2D eigenvalue weighted by molar-refractivity contribution is 0.581. The number of nitrogens with zero attached hydrogens (tertiary/aromatic N) is 3. The molecule has 0 bridgehead atoms. The number of hydrogen-bond donors (Lipinski definition) is 0. The van der Waals surface area contributed by atoms with Crippen molar-refractivity contribution in [2.45, 2.75) is 26.9 Å². The van der Waals surface area contributed by atoms with Gasteiger partial charge in [0.2, 0.25) is 0 Å². The van der Waals surface area contributed by atoms with Crippen LogP contribution in [0.5, 0.6) is 5.75 Å². The Balaban J connectivity index is 2.19. The first kappa shape index (κ1) is 18.0. The highest BCUT2D eigenvalue weighted by Gasteiger charge is 2.14. The quantitative estimate of drug-likeness (QED) is 0.481. The van der Waals surface area contributed by atoms with E-state index in [0.29, 0.717) is 0 Å². The molecule has 4 nitrogen and oxygen atoms in total. The summed E-state index contributed by atoms with van der Waals surface area (Å²) in [4.78, 5) is 13.9. The molecule has 0 amide bonds. The summed E-state index contributed by atoms with van der Waals surface area (Å²) in [5, 5.41) is 0. The van der Waals surface area contributed by atoms with Gasteiger partial charge in [-0.2, -0.15) is 0 Å². The largest absolute Gasteiger partial charge is 0.541 e. The third kappa shape index (κ3) is 4.24. The average molecular weight is 361 g/mol. The molecule has 0 fully saturated rings. The second kappa shape index (κ2) is 8.06. The standard InChI is InChI=1S/C21H22N3OSi/c1-15-10-11-18(19(14-15)25-26(3)4)24-21(17-8-6-5-7-9-17)20-16(2)22-12-13-23-20/h5-14H,1-4H3. The molecular weight excluding hydrogens is 338 g/mol. The SMILES string of the molecule is Cc1ccc(N=C(c2ccccc2)c2nccnc2C)c(O[Si](C)C)c1. The van der Waals surface area contributed by atoms with Gasteiger partial charge in [0.05, 0.1) is 11.4 Å². The fourth-order valence-electron chi connectivity index (χ4n) is 2.63. The second-order valence-corrected chi connectivity index (χ2v) is 8.32. The Hall–Kier alpha value is -2.79. The second-order valence-electron chi connectivity index (χ2n) is 6.30. The van der Waals surface area contributed by atoms with Gasteiger partial charge in [-0.05, 0) is 44.6 Å². The Bertz CT molecular complexity index is 924. The molecule has 3 aromatic rings. The molecule has 0 saturated carbocycles. The first-order valence-corrected chi connectivity index (χ1v) is 11.0. The van der Waals surface area contributed by atoms with Crippen LogP contribution in [-0.2, 0) is 0 Å². The topological polar surface area (TPSA) is 47.4 Å². The normalized spacial score (nSPS) is 11.7. The lowest BCUT2D eigenvalue weighted by atomic mass is 10.1. The van der Waals surface area contributed by atoms with E-state index >= 15 is 0 Å². The molecule has 26 heavy (non-hydrogen) atoms. The molecule has 0 aliphatic carbocycles. The number of rotatable bonds is 5. The number of benzene rings is 2. The van der Waals surface area contributed by atoms with Crippen molar-refractivity contribution in [3.05, 3.63) is 83.4 Å². The van der Waals surface area contributed by atoms with E-state index in [1.165, 1.54) is 0 Å². The summed E-state index contributed by atoms with van der Waals surface area (Å²) in [6, 6.07) is 16.2. The molecule has 1 radical (unpaired) electrons. The van der Waals surface area contributed by atoms with E-state index in [1.54, 1.807) is 12.4 Å². The average Bonchev–Trinajstić information content (AvgIpc) is 2.62. The van der Waals surface area contributed by atoms with Crippen LogP contribution in [0.1, 0.15) is 22.5 Å². The molecule has 0 spiro atoms. The van der Waals surface area contributed by atoms with Gasteiger partial charge >= 0.3 is 0 Å². The van der Waals surface area contributed by atoms with Crippen molar-refractivity contribution in [2.75, 3.05) is 0 Å². The summed E-state index contributed by atoms with van der Waals surface area (Å²) in [5.74, 6) is 0.818. The molecule has 1 aromatic heterocycles. The highest BCUT2D eigenvalue weighted by molar-refractivity contribution is 6.49. The molecule has 1 heterocycles. The number of aryl methyl sites for hydroxylation is 2. The van der Waals surface area contributed by atoms with Gasteiger partial charge in [0.1, 0.15) is 17.1 Å². The summed E-state index contributed by atoms with van der Waals surface area (Å²) < 4.78 is 6.09. The van der Waals surface area contributed by atoms with Gasteiger partial charge in [-0.25, -0.2) is 4.99 Å². The van der Waals surface area contributed by atoms with Gasteiger partial charge in [-0.1, -0.05) is 36.4 Å². The fraction of sp³-hybridized carbons (Fsp3) is 0.190. The summed E-state index contributed by atoms with van der Waals surface area (Å²) in [6.45, 7) is 8.24. The maximum absolute atomic E-state index is 6.09. The lowest BCUT2D eigenvalue weighted by Gasteiger charge is -2.14. The van der Waals surface area contributed by atoms with Gasteiger partial charge in [-0.15, -0.1) is 0 Å². The molecule has 0 atom stereocenters. The fourth-order valence-corrected chi connectivity index (χ4v) is 3.23. The predicted octanol–water partition coefficient (Wildman–Crippen LogP) is 4.89. The van der Waals surface area contributed by atoms with Gasteiger partial charge in [0.25, 0.3) is 9.04 Å².